The minimum Gasteiger partial charge on any atom is -0.312 e. The Morgan fingerprint density at radius 1 is 1.42 bits per heavy atom. The van der Waals surface area contributed by atoms with Crippen molar-refractivity contribution in [1.82, 2.24) is 9.62 Å². The lowest BCUT2D eigenvalue weighted by Crippen LogP contribution is -2.51. The first-order valence-electron chi connectivity index (χ1n) is 5.71. The third kappa shape index (κ3) is 2.87. The molecule has 1 N–H and O–H groups in total. The third-order valence-electron chi connectivity index (χ3n) is 2.95. The normalized spacial score (nSPS) is 21.6. The highest BCUT2D eigenvalue weighted by Crippen LogP contribution is 2.31. The van der Waals surface area contributed by atoms with Crippen LogP contribution in [-0.2, 0) is 10.0 Å². The van der Waals surface area contributed by atoms with Crippen molar-refractivity contribution in [1.29, 1.82) is 0 Å². The Labute approximate surface area is 121 Å². The number of rotatable bonds is 2. The van der Waals surface area contributed by atoms with Crippen LogP contribution in [-0.4, -0.2) is 38.4 Å². The van der Waals surface area contributed by atoms with Crippen molar-refractivity contribution in [2.75, 3.05) is 19.6 Å². The highest BCUT2D eigenvalue weighted by Gasteiger charge is 2.31. The minimum absolute atomic E-state index is 0.0412. The molecule has 1 aromatic carbocycles. The molecule has 19 heavy (non-hydrogen) atoms. The molecule has 0 amide bonds. The van der Waals surface area contributed by atoms with Crippen molar-refractivity contribution in [2.45, 2.75) is 17.9 Å². The van der Waals surface area contributed by atoms with Gasteiger partial charge in [0.2, 0.25) is 10.0 Å². The molecule has 4 nitrogen and oxygen atoms in total. The second kappa shape index (κ2) is 5.54. The van der Waals surface area contributed by atoms with E-state index in [1.807, 2.05) is 6.92 Å². The topological polar surface area (TPSA) is 49.4 Å². The van der Waals surface area contributed by atoms with Crippen molar-refractivity contribution in [2.24, 2.45) is 0 Å². The van der Waals surface area contributed by atoms with Crippen LogP contribution in [0.1, 0.15) is 6.92 Å². The monoisotopic (exact) mass is 326 g/mol. The Morgan fingerprint density at radius 3 is 2.74 bits per heavy atom. The zero-order valence-electron chi connectivity index (χ0n) is 10.2. The van der Waals surface area contributed by atoms with Gasteiger partial charge in [0.1, 0.15) is 4.90 Å². The van der Waals surface area contributed by atoms with Crippen molar-refractivity contribution in [3.8, 4) is 0 Å². The molecule has 1 aliphatic rings. The summed E-state index contributed by atoms with van der Waals surface area (Å²) in [5, 5.41) is 2.48. The van der Waals surface area contributed by atoms with Gasteiger partial charge in [0.25, 0.3) is 0 Å². The van der Waals surface area contributed by atoms with Gasteiger partial charge in [-0.2, -0.15) is 4.31 Å². The van der Waals surface area contributed by atoms with Crippen LogP contribution in [0.4, 0.5) is 4.39 Å². The maximum Gasteiger partial charge on any atom is 0.244 e. The minimum atomic E-state index is -3.80. The van der Waals surface area contributed by atoms with Gasteiger partial charge in [-0.1, -0.05) is 23.2 Å². The molecule has 1 aromatic rings. The fourth-order valence-electron chi connectivity index (χ4n) is 1.96. The van der Waals surface area contributed by atoms with Crippen molar-refractivity contribution in [3.05, 3.63) is 28.0 Å². The lowest BCUT2D eigenvalue weighted by molar-refractivity contribution is 0.310. The summed E-state index contributed by atoms with van der Waals surface area (Å²) in [5.74, 6) is -0.910. The number of nitrogens with zero attached hydrogens (tertiary/aromatic N) is 1. The molecular formula is C11H13Cl2FN2O2S. The maximum absolute atomic E-state index is 13.6. The summed E-state index contributed by atoms with van der Waals surface area (Å²) in [6.45, 7) is 3.08. The van der Waals surface area contributed by atoms with Crippen molar-refractivity contribution >= 4 is 33.2 Å². The van der Waals surface area contributed by atoms with Crippen LogP contribution in [0.3, 0.4) is 0 Å². The van der Waals surface area contributed by atoms with E-state index in [0.717, 1.165) is 0 Å². The van der Waals surface area contributed by atoms with Crippen LogP contribution in [0.5, 0.6) is 0 Å². The molecule has 1 heterocycles. The van der Waals surface area contributed by atoms with Crippen LogP contribution in [0, 0.1) is 5.82 Å². The molecule has 1 fully saturated rings. The molecule has 1 atom stereocenters. The highest BCUT2D eigenvalue weighted by atomic mass is 35.5. The average Bonchev–Trinajstić information content (AvgIpc) is 2.36. The molecule has 0 saturated carbocycles. The summed E-state index contributed by atoms with van der Waals surface area (Å²) in [6, 6.07) is 2.47. The first-order valence-corrected chi connectivity index (χ1v) is 7.90. The van der Waals surface area contributed by atoms with Gasteiger partial charge in [0.05, 0.1) is 10.0 Å². The van der Waals surface area contributed by atoms with Crippen LogP contribution in [0.25, 0.3) is 0 Å². The second-order valence-electron chi connectivity index (χ2n) is 4.39. The second-order valence-corrected chi connectivity index (χ2v) is 7.08. The van der Waals surface area contributed by atoms with Gasteiger partial charge in [-0.25, -0.2) is 12.8 Å². The number of sulfonamides is 1. The quantitative estimate of drug-likeness (QED) is 0.847. The fraction of sp³-hybridized carbons (Fsp3) is 0.455. The largest absolute Gasteiger partial charge is 0.312 e. The van der Waals surface area contributed by atoms with Gasteiger partial charge in [-0.05, 0) is 19.1 Å². The number of hydrogen-bond donors (Lipinski definition) is 1. The number of halogens is 3. The summed E-state index contributed by atoms with van der Waals surface area (Å²) in [4.78, 5) is -0.245. The molecule has 1 saturated heterocycles. The molecule has 0 aliphatic carbocycles. The van der Waals surface area contributed by atoms with E-state index in [-0.39, 0.29) is 16.0 Å². The summed E-state index contributed by atoms with van der Waals surface area (Å²) in [5.41, 5.74) is 0. The first-order chi connectivity index (χ1) is 8.84. The van der Waals surface area contributed by atoms with E-state index in [9.17, 15) is 12.8 Å². The Balaban J connectivity index is 2.42. The van der Waals surface area contributed by atoms with E-state index in [2.05, 4.69) is 5.32 Å². The average molecular weight is 327 g/mol. The lowest BCUT2D eigenvalue weighted by atomic mass is 10.3. The smallest absolute Gasteiger partial charge is 0.244 e. The van der Waals surface area contributed by atoms with Crippen molar-refractivity contribution in [3.63, 3.8) is 0 Å². The van der Waals surface area contributed by atoms with Crippen LogP contribution < -0.4 is 5.32 Å². The van der Waals surface area contributed by atoms with Gasteiger partial charge in [-0.3, -0.25) is 0 Å². The molecule has 0 unspecified atom stereocenters. The molecule has 0 spiro atoms. The zero-order chi connectivity index (χ0) is 14.2. The van der Waals surface area contributed by atoms with Crippen LogP contribution in [0.2, 0.25) is 10.0 Å². The molecule has 106 valence electrons. The summed E-state index contributed by atoms with van der Waals surface area (Å²) < 4.78 is 39.7. The van der Waals surface area contributed by atoms with Crippen molar-refractivity contribution < 1.29 is 12.8 Å². The number of piperazine rings is 1. The summed E-state index contributed by atoms with van der Waals surface area (Å²) in [6.07, 6.45) is 0. The molecule has 1 aliphatic heterocycles. The van der Waals surface area contributed by atoms with Crippen LogP contribution in [0.15, 0.2) is 17.0 Å². The molecular weight excluding hydrogens is 314 g/mol. The Kier molecular flexibility index (Phi) is 4.37. The van der Waals surface area contributed by atoms with Crippen LogP contribution >= 0.6 is 23.2 Å². The Hall–Kier alpha value is -0.400. The predicted octanol–water partition coefficient (Wildman–Crippen LogP) is 2.11. The zero-order valence-corrected chi connectivity index (χ0v) is 12.5. The van der Waals surface area contributed by atoms with Gasteiger partial charge in [0.15, 0.2) is 5.82 Å². The number of benzene rings is 1. The summed E-state index contributed by atoms with van der Waals surface area (Å²) >= 11 is 11.3. The van der Waals surface area contributed by atoms with E-state index >= 15 is 0 Å². The standard InChI is InChI=1S/C11H13Cl2FN2O2S/c1-7-6-16(5-4-15-7)19(17,18)9-3-2-8(12)11(14)10(9)13/h2-3,7,15H,4-6H2,1H3/t7-/m1/s1. The van der Waals surface area contributed by atoms with E-state index in [0.29, 0.717) is 19.6 Å². The number of hydrogen-bond acceptors (Lipinski definition) is 3. The molecule has 8 heteroatoms. The van der Waals surface area contributed by atoms with E-state index in [1.54, 1.807) is 0 Å². The Bertz CT molecular complexity index is 595. The fourth-order valence-corrected chi connectivity index (χ4v) is 4.21. The van der Waals surface area contributed by atoms with E-state index < -0.39 is 20.9 Å². The molecule has 2 rings (SSSR count). The van der Waals surface area contributed by atoms with Gasteiger partial charge in [-0.15, -0.1) is 0 Å². The molecule has 0 radical (unpaired) electrons. The Morgan fingerprint density at radius 2 is 2.11 bits per heavy atom. The van der Waals surface area contributed by atoms with Gasteiger partial charge < -0.3 is 5.32 Å². The molecule has 0 aromatic heterocycles. The SMILES string of the molecule is C[C@@H]1CN(S(=O)(=O)c2ccc(Cl)c(F)c2Cl)CCN1. The van der Waals surface area contributed by atoms with E-state index in [4.69, 9.17) is 23.2 Å². The first kappa shape index (κ1) is 15.0. The third-order valence-corrected chi connectivity index (χ3v) is 5.63. The predicted molar refractivity (Wildman–Crippen MR) is 72.6 cm³/mol. The maximum atomic E-state index is 13.6. The highest BCUT2D eigenvalue weighted by molar-refractivity contribution is 7.89. The summed E-state index contributed by atoms with van der Waals surface area (Å²) in [7, 11) is -3.80. The van der Waals surface area contributed by atoms with Gasteiger partial charge in [0, 0.05) is 25.7 Å². The van der Waals surface area contributed by atoms with E-state index in [1.165, 1.54) is 16.4 Å². The lowest BCUT2D eigenvalue weighted by Gasteiger charge is -2.31. The van der Waals surface area contributed by atoms with Gasteiger partial charge >= 0.3 is 0 Å². The molecule has 0 bridgehead atoms. The number of nitrogens with one attached hydrogen (secondary N) is 1.